The fraction of sp³-hybridized carbons (Fsp3) is 0.125. The maximum absolute atomic E-state index is 13.6. The average molecular weight is 401 g/mol. The molecule has 2 atom stereocenters. The number of para-hydroxylation sites is 1. The van der Waals surface area contributed by atoms with Crippen LogP contribution in [0.1, 0.15) is 27.4 Å². The Morgan fingerprint density at radius 2 is 1.55 bits per heavy atom. The predicted octanol–water partition coefficient (Wildman–Crippen LogP) is 4.17. The predicted molar refractivity (Wildman–Crippen MR) is 113 cm³/mol. The largest absolute Gasteiger partial charge is 0.292 e. The van der Waals surface area contributed by atoms with E-state index in [4.69, 9.17) is 6.42 Å². The van der Waals surface area contributed by atoms with Crippen LogP contribution in [0.5, 0.6) is 0 Å². The zero-order valence-corrected chi connectivity index (χ0v) is 16.6. The van der Waals surface area contributed by atoms with Crippen LogP contribution in [0.4, 0.5) is 5.69 Å². The zero-order valence-electron chi connectivity index (χ0n) is 15.8. The standard InChI is InChI=1S/C24H19NO3S/c1-3-20-21-11-7-8-12-22(21)25(23(20)24(26)18-9-5-4-6-10-18)29(27,28)19-15-13-17(2)14-16-19/h1,4-16,20,23H,2H3/t20-,23-/m0/s1. The molecule has 0 radical (unpaired) electrons. The summed E-state index contributed by atoms with van der Waals surface area (Å²) in [5, 5.41) is 0. The van der Waals surface area contributed by atoms with Gasteiger partial charge in [0.05, 0.1) is 16.5 Å². The van der Waals surface area contributed by atoms with Crippen LogP contribution in [0, 0.1) is 19.3 Å². The second-order valence-corrected chi connectivity index (χ2v) is 8.81. The Balaban J connectivity index is 1.92. The Kier molecular flexibility index (Phi) is 4.73. The lowest BCUT2D eigenvalue weighted by Gasteiger charge is -2.27. The Morgan fingerprint density at radius 3 is 2.21 bits per heavy atom. The van der Waals surface area contributed by atoms with Gasteiger partial charge in [0.25, 0.3) is 10.0 Å². The quantitative estimate of drug-likeness (QED) is 0.487. The van der Waals surface area contributed by atoms with E-state index in [0.29, 0.717) is 16.8 Å². The molecule has 4 nitrogen and oxygen atoms in total. The van der Waals surface area contributed by atoms with Crippen molar-refractivity contribution in [2.75, 3.05) is 4.31 Å². The molecule has 5 heteroatoms. The van der Waals surface area contributed by atoms with Gasteiger partial charge >= 0.3 is 0 Å². The highest BCUT2D eigenvalue weighted by Crippen LogP contribution is 2.44. The lowest BCUT2D eigenvalue weighted by atomic mass is 9.91. The van der Waals surface area contributed by atoms with Crippen molar-refractivity contribution in [3.05, 3.63) is 95.6 Å². The molecule has 0 spiro atoms. The Hall–Kier alpha value is -3.36. The molecule has 144 valence electrons. The van der Waals surface area contributed by atoms with Crippen molar-refractivity contribution in [2.24, 2.45) is 0 Å². The molecule has 3 aromatic carbocycles. The summed E-state index contributed by atoms with van der Waals surface area (Å²) in [6.07, 6.45) is 5.80. The van der Waals surface area contributed by atoms with Gasteiger partial charge in [0.2, 0.25) is 0 Å². The number of rotatable bonds is 4. The molecule has 0 aliphatic carbocycles. The summed E-state index contributed by atoms with van der Waals surface area (Å²) < 4.78 is 28.4. The smallest absolute Gasteiger partial charge is 0.265 e. The molecule has 0 aromatic heterocycles. The average Bonchev–Trinajstić information content (AvgIpc) is 3.09. The molecule has 3 aromatic rings. The summed E-state index contributed by atoms with van der Waals surface area (Å²) in [6.45, 7) is 1.89. The van der Waals surface area contributed by atoms with Crippen LogP contribution in [0.3, 0.4) is 0 Å². The molecule has 0 saturated carbocycles. The number of fused-ring (bicyclic) bond motifs is 1. The lowest BCUT2D eigenvalue weighted by molar-refractivity contribution is 0.0962. The first-order valence-corrected chi connectivity index (χ1v) is 10.6. The fourth-order valence-electron chi connectivity index (χ4n) is 3.72. The van der Waals surface area contributed by atoms with Crippen LogP contribution in [0.15, 0.2) is 83.8 Å². The van der Waals surface area contributed by atoms with Crippen molar-refractivity contribution in [1.29, 1.82) is 0 Å². The zero-order chi connectivity index (χ0) is 20.6. The van der Waals surface area contributed by atoms with Gasteiger partial charge in [-0.3, -0.25) is 9.10 Å². The van der Waals surface area contributed by atoms with Gasteiger partial charge in [-0.1, -0.05) is 72.1 Å². The Morgan fingerprint density at radius 1 is 0.931 bits per heavy atom. The van der Waals surface area contributed by atoms with Crippen molar-refractivity contribution in [3.8, 4) is 12.3 Å². The van der Waals surface area contributed by atoms with E-state index in [1.807, 2.05) is 6.92 Å². The molecule has 1 aliphatic rings. The number of benzene rings is 3. The third kappa shape index (κ3) is 3.12. The second kappa shape index (κ2) is 7.23. The van der Waals surface area contributed by atoms with Gasteiger partial charge in [0.1, 0.15) is 6.04 Å². The molecule has 0 saturated heterocycles. The molecule has 0 N–H and O–H groups in total. The monoisotopic (exact) mass is 401 g/mol. The number of Topliss-reactive ketones (excluding diaryl/α,β-unsaturated/α-hetero) is 1. The van der Waals surface area contributed by atoms with E-state index < -0.39 is 22.0 Å². The minimum Gasteiger partial charge on any atom is -0.292 e. The summed E-state index contributed by atoms with van der Waals surface area (Å²) >= 11 is 0. The first-order chi connectivity index (χ1) is 13.9. The highest BCUT2D eigenvalue weighted by molar-refractivity contribution is 7.93. The van der Waals surface area contributed by atoms with E-state index in [0.717, 1.165) is 5.56 Å². The number of terminal acetylenes is 1. The van der Waals surface area contributed by atoms with E-state index in [-0.39, 0.29) is 10.7 Å². The van der Waals surface area contributed by atoms with Gasteiger partial charge < -0.3 is 0 Å². The van der Waals surface area contributed by atoms with Gasteiger partial charge in [0, 0.05) is 5.56 Å². The first kappa shape index (κ1) is 19.0. The number of carbonyl (C=O) groups is 1. The first-order valence-electron chi connectivity index (χ1n) is 9.20. The number of nitrogens with zero attached hydrogens (tertiary/aromatic N) is 1. The maximum atomic E-state index is 13.6. The fourth-order valence-corrected chi connectivity index (χ4v) is 5.37. The second-order valence-electron chi connectivity index (χ2n) is 6.99. The summed E-state index contributed by atoms with van der Waals surface area (Å²) in [5.41, 5.74) is 2.49. The summed E-state index contributed by atoms with van der Waals surface area (Å²) in [5.74, 6) is 1.67. The molecule has 29 heavy (non-hydrogen) atoms. The number of hydrogen-bond donors (Lipinski definition) is 0. The number of aryl methyl sites for hydroxylation is 1. The van der Waals surface area contributed by atoms with Crippen LogP contribution in [0.25, 0.3) is 0 Å². The molecular weight excluding hydrogens is 382 g/mol. The van der Waals surface area contributed by atoms with Crippen molar-refractivity contribution >= 4 is 21.5 Å². The molecule has 0 unspecified atom stereocenters. The van der Waals surface area contributed by atoms with Crippen LogP contribution in [0.2, 0.25) is 0 Å². The van der Waals surface area contributed by atoms with E-state index in [1.54, 1.807) is 78.9 Å². The van der Waals surface area contributed by atoms with Crippen LogP contribution in [-0.4, -0.2) is 20.2 Å². The molecule has 1 aliphatic heterocycles. The van der Waals surface area contributed by atoms with Crippen LogP contribution in [-0.2, 0) is 10.0 Å². The minimum absolute atomic E-state index is 0.126. The molecular formula is C24H19NO3S. The van der Waals surface area contributed by atoms with E-state index in [9.17, 15) is 13.2 Å². The molecule has 0 amide bonds. The van der Waals surface area contributed by atoms with Gasteiger partial charge in [0.15, 0.2) is 5.78 Å². The SMILES string of the molecule is C#C[C@H]1c2ccccc2N(S(=O)(=O)c2ccc(C)cc2)[C@@H]1C(=O)c1ccccc1. The number of sulfonamides is 1. The van der Waals surface area contributed by atoms with Gasteiger partial charge in [-0.05, 0) is 30.7 Å². The third-order valence-electron chi connectivity index (χ3n) is 5.16. The number of anilines is 1. The minimum atomic E-state index is -4.00. The van der Waals surface area contributed by atoms with Crippen molar-refractivity contribution in [1.82, 2.24) is 0 Å². The third-order valence-corrected chi connectivity index (χ3v) is 6.97. The molecule has 1 heterocycles. The van der Waals surface area contributed by atoms with E-state index in [1.165, 1.54) is 4.31 Å². The summed E-state index contributed by atoms with van der Waals surface area (Å²) in [4.78, 5) is 13.6. The summed E-state index contributed by atoms with van der Waals surface area (Å²) in [7, 11) is -4.00. The molecule has 0 fully saturated rings. The van der Waals surface area contributed by atoms with Gasteiger partial charge in [-0.2, -0.15) is 0 Å². The van der Waals surface area contributed by atoms with Crippen molar-refractivity contribution in [2.45, 2.75) is 23.8 Å². The van der Waals surface area contributed by atoms with Crippen LogP contribution >= 0.6 is 0 Å². The van der Waals surface area contributed by atoms with Crippen molar-refractivity contribution < 1.29 is 13.2 Å². The number of hydrogen-bond acceptors (Lipinski definition) is 3. The van der Waals surface area contributed by atoms with Gasteiger partial charge in [-0.25, -0.2) is 8.42 Å². The molecule has 0 bridgehead atoms. The highest BCUT2D eigenvalue weighted by Gasteiger charge is 2.48. The topological polar surface area (TPSA) is 54.5 Å². The maximum Gasteiger partial charge on any atom is 0.265 e. The van der Waals surface area contributed by atoms with E-state index >= 15 is 0 Å². The summed E-state index contributed by atoms with van der Waals surface area (Å²) in [6, 6.07) is 21.2. The lowest BCUT2D eigenvalue weighted by Crippen LogP contribution is -2.44. The molecule has 4 rings (SSSR count). The highest BCUT2D eigenvalue weighted by atomic mass is 32.2. The van der Waals surface area contributed by atoms with E-state index in [2.05, 4.69) is 5.92 Å². The Bertz CT molecular complexity index is 1210. The Labute approximate surface area is 170 Å². The van der Waals surface area contributed by atoms with Crippen LogP contribution < -0.4 is 4.31 Å². The number of carbonyl (C=O) groups excluding carboxylic acids is 1. The van der Waals surface area contributed by atoms with Crippen molar-refractivity contribution in [3.63, 3.8) is 0 Å². The van der Waals surface area contributed by atoms with Gasteiger partial charge in [-0.15, -0.1) is 6.42 Å². The number of ketones is 1. The normalized spacial score (nSPS) is 18.1.